The van der Waals surface area contributed by atoms with Gasteiger partial charge in [0, 0.05) is 11.5 Å². The Hall–Kier alpha value is -3.03. The molecule has 38 heavy (non-hydrogen) atoms. The summed E-state index contributed by atoms with van der Waals surface area (Å²) >= 11 is 0. The van der Waals surface area contributed by atoms with Crippen LogP contribution < -0.4 is 4.90 Å². The van der Waals surface area contributed by atoms with Gasteiger partial charge < -0.3 is 5.11 Å². The third kappa shape index (κ3) is 2.94. The molecule has 1 spiro atoms. The summed E-state index contributed by atoms with van der Waals surface area (Å²) in [5.74, 6) is -2.32. The Morgan fingerprint density at radius 3 is 2.47 bits per heavy atom. The molecular weight excluding hydrogens is 484 g/mol. The highest BCUT2D eigenvalue weighted by Crippen LogP contribution is 2.74. The molecule has 2 amide bonds. The maximum atomic E-state index is 14.3. The highest BCUT2D eigenvalue weighted by molar-refractivity contribution is 6.23. The first-order valence-corrected chi connectivity index (χ1v) is 14.0. The third-order valence-electron chi connectivity index (χ3n) is 11.5. The van der Waals surface area contributed by atoms with E-state index < -0.39 is 33.6 Å². The number of hydrogen-bond donors (Lipinski definition) is 1. The first-order chi connectivity index (χ1) is 17.9. The van der Waals surface area contributed by atoms with Crippen molar-refractivity contribution in [3.63, 3.8) is 0 Å². The number of nitro benzene ring substituents is 1. The summed E-state index contributed by atoms with van der Waals surface area (Å²) in [6.07, 6.45) is 6.84. The molecule has 8 atom stereocenters. The third-order valence-corrected chi connectivity index (χ3v) is 11.5. The van der Waals surface area contributed by atoms with E-state index in [9.17, 15) is 29.6 Å². The molecule has 0 unspecified atom stereocenters. The molecular formula is C30H36N2O6. The van der Waals surface area contributed by atoms with Crippen LogP contribution in [0.3, 0.4) is 0 Å². The smallest absolute Gasteiger partial charge is 0.309 e. The van der Waals surface area contributed by atoms with Crippen molar-refractivity contribution in [2.45, 2.75) is 66.2 Å². The maximum absolute atomic E-state index is 14.3. The highest BCUT2D eigenvalue weighted by Gasteiger charge is 2.73. The summed E-state index contributed by atoms with van der Waals surface area (Å²) in [4.78, 5) is 53.3. The van der Waals surface area contributed by atoms with Crippen LogP contribution in [0.15, 0.2) is 35.9 Å². The first kappa shape index (κ1) is 25.3. The number of rotatable bonds is 4. The summed E-state index contributed by atoms with van der Waals surface area (Å²) in [5.41, 5.74) is -0.593. The Bertz CT molecular complexity index is 1300. The number of para-hydroxylation sites is 2. The number of amides is 2. The van der Waals surface area contributed by atoms with Gasteiger partial charge in [0.1, 0.15) is 5.69 Å². The standard InChI is InChI=1S/C30H36N2O6/c1-16(2)18-15-30-13-10-21-28(3,11-7-12-29(21,4)27(35)36)22(30)14-17(18)23-24(30)26(34)31(25(23)33)19-8-5-6-9-20(19)32(37)38/h5-6,8-9,15-17,21-24H,7,10-14H2,1-4H3,(H,35,36)/t17-,21+,22-,23-,24+,28+,29-,30+/m0/s1. The minimum atomic E-state index is -0.804. The molecule has 0 aromatic heterocycles. The summed E-state index contributed by atoms with van der Waals surface area (Å²) in [7, 11) is 0. The van der Waals surface area contributed by atoms with E-state index in [1.807, 2.05) is 6.92 Å². The summed E-state index contributed by atoms with van der Waals surface area (Å²) in [5, 5.41) is 22.1. The van der Waals surface area contributed by atoms with Crippen molar-refractivity contribution in [1.82, 2.24) is 0 Å². The molecule has 8 nitrogen and oxygen atoms in total. The number of nitrogens with zero attached hydrogens (tertiary/aromatic N) is 2. The predicted octanol–water partition coefficient (Wildman–Crippen LogP) is 5.61. The highest BCUT2D eigenvalue weighted by atomic mass is 16.6. The Kier molecular flexibility index (Phi) is 5.31. The van der Waals surface area contributed by atoms with Gasteiger partial charge in [0.25, 0.3) is 5.69 Å². The summed E-state index contributed by atoms with van der Waals surface area (Å²) < 4.78 is 0. The van der Waals surface area contributed by atoms with Crippen LogP contribution in [-0.4, -0.2) is 27.8 Å². The van der Waals surface area contributed by atoms with E-state index >= 15 is 0 Å². The fraction of sp³-hybridized carbons (Fsp3) is 0.633. The zero-order valence-corrected chi connectivity index (χ0v) is 22.5. The topological polar surface area (TPSA) is 118 Å². The Balaban J connectivity index is 1.50. The number of carbonyl (C=O) groups excluding carboxylic acids is 2. The van der Waals surface area contributed by atoms with E-state index in [-0.39, 0.29) is 52.3 Å². The molecule has 1 N–H and O–H groups in total. The van der Waals surface area contributed by atoms with Crippen molar-refractivity contribution in [3.8, 4) is 0 Å². The lowest BCUT2D eigenvalue weighted by Gasteiger charge is -2.68. The van der Waals surface area contributed by atoms with E-state index in [1.165, 1.54) is 17.7 Å². The molecule has 1 aromatic rings. The number of nitro groups is 1. The average Bonchev–Trinajstić information content (AvgIpc) is 3.15. The van der Waals surface area contributed by atoms with E-state index in [1.54, 1.807) is 12.1 Å². The second kappa shape index (κ2) is 7.99. The average molecular weight is 521 g/mol. The van der Waals surface area contributed by atoms with Gasteiger partial charge in [-0.05, 0) is 74.2 Å². The number of benzene rings is 1. The molecule has 1 aromatic carbocycles. The molecule has 1 heterocycles. The van der Waals surface area contributed by atoms with Crippen LogP contribution in [0.1, 0.15) is 66.2 Å². The van der Waals surface area contributed by atoms with E-state index in [4.69, 9.17) is 0 Å². The first-order valence-electron chi connectivity index (χ1n) is 14.0. The number of carboxylic acids is 1. The lowest BCUT2D eigenvalue weighted by Crippen LogP contribution is -2.65. The molecule has 4 fully saturated rings. The normalized spacial score (nSPS) is 41.4. The molecule has 1 saturated heterocycles. The second-order valence-electron chi connectivity index (χ2n) is 13.2. The molecule has 1 aliphatic heterocycles. The van der Waals surface area contributed by atoms with Crippen molar-refractivity contribution in [2.24, 2.45) is 51.8 Å². The van der Waals surface area contributed by atoms with Crippen LogP contribution in [0.4, 0.5) is 11.4 Å². The molecule has 202 valence electrons. The van der Waals surface area contributed by atoms with E-state index in [2.05, 4.69) is 26.8 Å². The number of fused-ring (bicyclic) bond motifs is 1. The van der Waals surface area contributed by atoms with Crippen LogP contribution in [0.25, 0.3) is 0 Å². The van der Waals surface area contributed by atoms with Crippen molar-refractivity contribution in [2.75, 3.05) is 4.90 Å². The number of anilines is 1. The quantitative estimate of drug-likeness (QED) is 0.239. The number of imide groups is 1. The van der Waals surface area contributed by atoms with E-state index in [0.29, 0.717) is 19.3 Å². The maximum Gasteiger partial charge on any atom is 0.309 e. The Labute approximate surface area is 222 Å². The van der Waals surface area contributed by atoms with Crippen LogP contribution in [0.5, 0.6) is 0 Å². The zero-order valence-electron chi connectivity index (χ0n) is 22.5. The van der Waals surface area contributed by atoms with Crippen LogP contribution >= 0.6 is 0 Å². The van der Waals surface area contributed by atoms with Crippen LogP contribution in [-0.2, 0) is 14.4 Å². The Morgan fingerprint density at radius 2 is 1.82 bits per heavy atom. The predicted molar refractivity (Wildman–Crippen MR) is 140 cm³/mol. The van der Waals surface area contributed by atoms with Gasteiger partial charge in [0.05, 0.1) is 22.2 Å². The van der Waals surface area contributed by atoms with Gasteiger partial charge in [-0.25, -0.2) is 4.90 Å². The van der Waals surface area contributed by atoms with Gasteiger partial charge in [-0.15, -0.1) is 0 Å². The number of allylic oxidation sites excluding steroid dienone is 2. The van der Waals surface area contributed by atoms with Crippen LogP contribution in [0, 0.1) is 61.9 Å². The SMILES string of the molecule is CC(C)C1=C[C@]23CC[C@@H]4[C@@](C)(CCC[C@]4(C)C(=O)O)[C@@H]2C[C@@H]1[C@@H]1C(=O)N(c2ccccc2[N+](=O)[O-])C(=O)[C@@H]13. The molecule has 3 saturated carbocycles. The molecule has 6 aliphatic rings. The monoisotopic (exact) mass is 520 g/mol. The molecule has 7 rings (SSSR count). The van der Waals surface area contributed by atoms with Gasteiger partial charge in [-0.3, -0.25) is 24.5 Å². The van der Waals surface area contributed by atoms with Crippen molar-refractivity contribution >= 4 is 29.2 Å². The number of aliphatic carboxylic acids is 1. The summed E-state index contributed by atoms with van der Waals surface area (Å²) in [6.45, 7) is 8.39. The molecule has 0 radical (unpaired) electrons. The van der Waals surface area contributed by atoms with Gasteiger partial charge in [-0.1, -0.05) is 51.0 Å². The van der Waals surface area contributed by atoms with Gasteiger partial charge in [0.2, 0.25) is 11.8 Å². The van der Waals surface area contributed by atoms with Crippen LogP contribution in [0.2, 0.25) is 0 Å². The largest absolute Gasteiger partial charge is 0.481 e. The minimum Gasteiger partial charge on any atom is -0.481 e. The fourth-order valence-electron chi connectivity index (χ4n) is 10.0. The number of carboxylic acid groups (broad SMARTS) is 1. The lowest BCUT2D eigenvalue weighted by molar-refractivity contribution is -0.384. The van der Waals surface area contributed by atoms with Crippen molar-refractivity contribution in [1.29, 1.82) is 0 Å². The van der Waals surface area contributed by atoms with Crippen molar-refractivity contribution < 1.29 is 24.4 Å². The molecule has 8 heteroatoms. The number of carbonyl (C=O) groups is 3. The molecule has 2 bridgehead atoms. The van der Waals surface area contributed by atoms with Gasteiger partial charge in [-0.2, -0.15) is 0 Å². The van der Waals surface area contributed by atoms with Gasteiger partial charge >= 0.3 is 5.97 Å². The van der Waals surface area contributed by atoms with Crippen molar-refractivity contribution in [3.05, 3.63) is 46.0 Å². The lowest BCUT2D eigenvalue weighted by atomic mass is 9.34. The minimum absolute atomic E-state index is 0.00379. The second-order valence-corrected chi connectivity index (χ2v) is 13.2. The van der Waals surface area contributed by atoms with E-state index in [0.717, 1.165) is 24.2 Å². The number of hydrogen-bond acceptors (Lipinski definition) is 5. The fourth-order valence-corrected chi connectivity index (χ4v) is 10.0. The Morgan fingerprint density at radius 1 is 1.11 bits per heavy atom. The van der Waals surface area contributed by atoms with Gasteiger partial charge in [0.15, 0.2) is 0 Å². The zero-order chi connectivity index (χ0) is 27.4. The summed E-state index contributed by atoms with van der Waals surface area (Å²) in [6, 6.07) is 6.00. The molecule has 5 aliphatic carbocycles.